The third-order valence-electron chi connectivity index (χ3n) is 5.47. The fourth-order valence-electron chi connectivity index (χ4n) is 3.93. The number of hydrogen-bond acceptors (Lipinski definition) is 6. The first-order chi connectivity index (χ1) is 16.2. The highest BCUT2D eigenvalue weighted by Crippen LogP contribution is 2.39. The van der Waals surface area contributed by atoms with E-state index in [0.29, 0.717) is 40.6 Å². The summed E-state index contributed by atoms with van der Waals surface area (Å²) in [5.74, 6) is 2.41. The molecule has 7 nitrogen and oxygen atoms in total. The Hall–Kier alpha value is -3.42. The molecule has 168 valence electrons. The highest BCUT2D eigenvalue weighted by atomic mass is 35.5. The van der Waals surface area contributed by atoms with Gasteiger partial charge in [-0.2, -0.15) is 0 Å². The molecule has 33 heavy (non-hydrogen) atoms. The third-order valence-corrected chi connectivity index (χ3v) is 5.72. The predicted molar refractivity (Wildman–Crippen MR) is 128 cm³/mol. The second-order valence-electron chi connectivity index (χ2n) is 7.77. The Morgan fingerprint density at radius 2 is 1.88 bits per heavy atom. The highest BCUT2D eigenvalue weighted by Gasteiger charge is 2.21. The number of pyridine rings is 1. The molecular weight excluding hydrogens is 440 g/mol. The predicted octanol–water partition coefficient (Wildman–Crippen LogP) is 6.70. The lowest BCUT2D eigenvalue weighted by molar-refractivity contribution is 0.186. The van der Waals surface area contributed by atoms with Gasteiger partial charge in [0.2, 0.25) is 5.89 Å². The molecule has 0 atom stereocenters. The van der Waals surface area contributed by atoms with Gasteiger partial charge in [-0.3, -0.25) is 0 Å². The fraction of sp³-hybridized carbons (Fsp3) is 0.240. The van der Waals surface area contributed by atoms with Gasteiger partial charge in [-0.05, 0) is 42.8 Å². The average molecular weight is 463 g/mol. The minimum Gasteiger partial charge on any atom is -0.457 e. The van der Waals surface area contributed by atoms with Gasteiger partial charge in [-0.15, -0.1) is 10.2 Å². The first-order valence-corrected chi connectivity index (χ1v) is 11.2. The van der Waals surface area contributed by atoms with Crippen molar-refractivity contribution in [3.8, 4) is 23.1 Å². The molecule has 5 aromatic rings. The molecule has 0 radical (unpaired) electrons. The number of rotatable bonds is 8. The second kappa shape index (κ2) is 9.21. The Labute approximate surface area is 195 Å². The quantitative estimate of drug-likeness (QED) is 0.276. The van der Waals surface area contributed by atoms with Crippen molar-refractivity contribution in [1.82, 2.24) is 20.2 Å². The maximum atomic E-state index is 6.25. The number of nitrogens with one attached hydrogen (secondary N) is 1. The Balaban J connectivity index is 1.68. The molecule has 0 fully saturated rings. The number of nitrogens with zero attached hydrogens (tertiary/aromatic N) is 3. The smallest absolute Gasteiger partial charge is 0.266 e. The van der Waals surface area contributed by atoms with Gasteiger partial charge in [0.15, 0.2) is 0 Å². The molecule has 1 N–H and O–H groups in total. The molecule has 0 saturated carbocycles. The van der Waals surface area contributed by atoms with Crippen LogP contribution in [0.15, 0.2) is 53.1 Å². The maximum absolute atomic E-state index is 6.25. The molecule has 3 heterocycles. The van der Waals surface area contributed by atoms with E-state index in [1.807, 2.05) is 30.3 Å². The molecule has 0 aliphatic rings. The Morgan fingerprint density at radius 1 is 1.03 bits per heavy atom. The largest absolute Gasteiger partial charge is 0.457 e. The van der Waals surface area contributed by atoms with Crippen molar-refractivity contribution in [3.63, 3.8) is 0 Å². The van der Waals surface area contributed by atoms with Crippen molar-refractivity contribution >= 4 is 33.4 Å². The zero-order valence-electron chi connectivity index (χ0n) is 18.4. The monoisotopic (exact) mass is 462 g/mol. The molecule has 8 heteroatoms. The van der Waals surface area contributed by atoms with Gasteiger partial charge in [-0.25, -0.2) is 4.98 Å². The Kier molecular flexibility index (Phi) is 5.98. The summed E-state index contributed by atoms with van der Waals surface area (Å²) < 4.78 is 17.7. The van der Waals surface area contributed by atoms with Crippen LogP contribution in [0.3, 0.4) is 0 Å². The van der Waals surface area contributed by atoms with Gasteiger partial charge in [0, 0.05) is 29.5 Å². The normalized spacial score (nSPS) is 11.5. The maximum Gasteiger partial charge on any atom is 0.266 e. The Bertz CT molecular complexity index is 1410. The number of H-pyrrole nitrogens is 1. The molecule has 0 aliphatic heterocycles. The number of aryl methyl sites for hydroxylation is 1. The topological polar surface area (TPSA) is 86.1 Å². The van der Waals surface area contributed by atoms with E-state index in [0.717, 1.165) is 46.6 Å². The Morgan fingerprint density at radius 3 is 2.67 bits per heavy atom. The van der Waals surface area contributed by atoms with E-state index in [-0.39, 0.29) is 0 Å². The number of ether oxygens (including phenoxy) is 2. The van der Waals surface area contributed by atoms with Gasteiger partial charge in [-0.1, -0.05) is 31.0 Å². The standard InChI is InChI=1S/C25H23ClN4O3/c1-3-4-8-21-29-30-25(33-21)24-17(14-31-2)22-19(13-27-24)28-18-6-5-7-20(23(18)22)32-16-11-9-15(26)10-12-16/h5-7,9-13,28H,3-4,8,14H2,1-2H3. The number of aromatic nitrogens is 4. The summed E-state index contributed by atoms with van der Waals surface area (Å²) >= 11 is 6.03. The van der Waals surface area contributed by atoms with Crippen molar-refractivity contribution in [1.29, 1.82) is 0 Å². The van der Waals surface area contributed by atoms with Crippen LogP contribution in [0.25, 0.3) is 33.4 Å². The van der Waals surface area contributed by atoms with Crippen LogP contribution in [0.1, 0.15) is 31.2 Å². The number of methoxy groups -OCH3 is 1. The van der Waals surface area contributed by atoms with E-state index in [1.54, 1.807) is 25.4 Å². The summed E-state index contributed by atoms with van der Waals surface area (Å²) in [6, 6.07) is 13.2. The summed E-state index contributed by atoms with van der Waals surface area (Å²) in [6.45, 7) is 2.46. The van der Waals surface area contributed by atoms with E-state index < -0.39 is 0 Å². The highest BCUT2D eigenvalue weighted by molar-refractivity contribution is 6.30. The number of hydrogen-bond donors (Lipinski definition) is 1. The average Bonchev–Trinajstić information content (AvgIpc) is 3.45. The van der Waals surface area contributed by atoms with Crippen LogP contribution in [0.2, 0.25) is 5.02 Å². The van der Waals surface area contributed by atoms with Crippen molar-refractivity contribution < 1.29 is 13.9 Å². The van der Waals surface area contributed by atoms with Crippen LogP contribution in [0.5, 0.6) is 11.5 Å². The zero-order valence-corrected chi connectivity index (χ0v) is 19.1. The lowest BCUT2D eigenvalue weighted by atomic mass is 10.0. The van der Waals surface area contributed by atoms with Crippen LogP contribution in [0, 0.1) is 0 Å². The van der Waals surface area contributed by atoms with Crippen molar-refractivity contribution in [2.45, 2.75) is 32.8 Å². The third kappa shape index (κ3) is 4.17. The lowest BCUT2D eigenvalue weighted by Crippen LogP contribution is -1.97. The number of aromatic amines is 1. The zero-order chi connectivity index (χ0) is 22.8. The molecule has 0 saturated heterocycles. The van der Waals surface area contributed by atoms with E-state index in [4.69, 9.17) is 25.5 Å². The van der Waals surface area contributed by atoms with Crippen molar-refractivity contribution in [2.24, 2.45) is 0 Å². The minimum atomic E-state index is 0.328. The molecule has 2 aromatic carbocycles. The molecular formula is C25H23ClN4O3. The summed E-state index contributed by atoms with van der Waals surface area (Å²) in [7, 11) is 1.66. The summed E-state index contributed by atoms with van der Waals surface area (Å²) in [6.07, 6.45) is 4.58. The molecule has 0 amide bonds. The van der Waals surface area contributed by atoms with E-state index in [2.05, 4.69) is 27.1 Å². The minimum absolute atomic E-state index is 0.328. The van der Waals surface area contributed by atoms with Gasteiger partial charge in [0.25, 0.3) is 5.89 Å². The van der Waals surface area contributed by atoms with Crippen molar-refractivity contribution in [2.75, 3.05) is 7.11 Å². The molecule has 0 bridgehead atoms. The van der Waals surface area contributed by atoms with Gasteiger partial charge >= 0.3 is 0 Å². The summed E-state index contributed by atoms with van der Waals surface area (Å²) in [4.78, 5) is 8.08. The van der Waals surface area contributed by atoms with Crippen LogP contribution >= 0.6 is 11.6 Å². The number of halogens is 1. The van der Waals surface area contributed by atoms with E-state index in [9.17, 15) is 0 Å². The summed E-state index contributed by atoms with van der Waals surface area (Å²) in [5, 5.41) is 11.0. The molecule has 0 unspecified atom stereocenters. The van der Waals surface area contributed by atoms with E-state index >= 15 is 0 Å². The van der Waals surface area contributed by atoms with Gasteiger partial charge in [0.1, 0.15) is 17.2 Å². The summed E-state index contributed by atoms with van der Waals surface area (Å²) in [5.41, 5.74) is 3.28. The molecule has 0 aliphatic carbocycles. The number of fused-ring (bicyclic) bond motifs is 3. The van der Waals surface area contributed by atoms with Crippen LogP contribution < -0.4 is 4.74 Å². The van der Waals surface area contributed by atoms with Crippen LogP contribution in [-0.4, -0.2) is 27.3 Å². The first-order valence-electron chi connectivity index (χ1n) is 10.8. The molecule has 3 aromatic heterocycles. The van der Waals surface area contributed by atoms with Gasteiger partial charge in [0.05, 0.1) is 29.2 Å². The number of unbranched alkanes of at least 4 members (excludes halogenated alkanes) is 1. The van der Waals surface area contributed by atoms with Crippen LogP contribution in [-0.2, 0) is 17.8 Å². The first kappa shape index (κ1) is 21.4. The van der Waals surface area contributed by atoms with Gasteiger partial charge < -0.3 is 18.9 Å². The van der Waals surface area contributed by atoms with E-state index in [1.165, 1.54) is 0 Å². The molecule has 5 rings (SSSR count). The lowest BCUT2D eigenvalue weighted by Gasteiger charge is -2.10. The molecule has 0 spiro atoms. The number of benzene rings is 2. The SMILES string of the molecule is CCCCc1nnc(-c2ncc3[nH]c4cccc(Oc5ccc(Cl)cc5)c4c3c2COC)o1. The fourth-order valence-corrected chi connectivity index (χ4v) is 4.06. The second-order valence-corrected chi connectivity index (χ2v) is 8.21. The van der Waals surface area contributed by atoms with Crippen LogP contribution in [0.4, 0.5) is 0 Å². The van der Waals surface area contributed by atoms with Crippen molar-refractivity contribution in [3.05, 3.63) is 65.1 Å².